The summed E-state index contributed by atoms with van der Waals surface area (Å²) in [5.41, 5.74) is 5.40. The molecule has 23 heavy (non-hydrogen) atoms. The summed E-state index contributed by atoms with van der Waals surface area (Å²) in [7, 11) is 0. The van der Waals surface area contributed by atoms with Crippen molar-refractivity contribution in [2.75, 3.05) is 18.2 Å². The molecule has 2 aliphatic rings. The van der Waals surface area contributed by atoms with Gasteiger partial charge in [-0.05, 0) is 25.2 Å². The molecule has 0 saturated carbocycles. The predicted molar refractivity (Wildman–Crippen MR) is 89.6 cm³/mol. The van der Waals surface area contributed by atoms with Crippen LogP contribution in [-0.4, -0.2) is 58.9 Å². The highest BCUT2D eigenvalue weighted by Gasteiger charge is 2.37. The highest BCUT2D eigenvalue weighted by molar-refractivity contribution is 7.99. The summed E-state index contributed by atoms with van der Waals surface area (Å²) in [6.07, 6.45) is 1.92. The van der Waals surface area contributed by atoms with E-state index in [1.165, 1.54) is 4.90 Å². The first-order valence-electron chi connectivity index (χ1n) is 8.11. The van der Waals surface area contributed by atoms with Gasteiger partial charge < -0.3 is 16.0 Å². The first kappa shape index (κ1) is 18.1. The predicted octanol–water partition coefficient (Wildman–Crippen LogP) is -0.344. The Morgan fingerprint density at radius 2 is 2.13 bits per heavy atom. The van der Waals surface area contributed by atoms with Crippen molar-refractivity contribution >= 4 is 29.5 Å². The van der Waals surface area contributed by atoms with Gasteiger partial charge in [-0.3, -0.25) is 19.7 Å². The van der Waals surface area contributed by atoms with Crippen LogP contribution in [0.1, 0.15) is 33.1 Å². The molecule has 1 unspecified atom stereocenters. The molecule has 0 aromatic heterocycles. The molecule has 0 aromatic carbocycles. The van der Waals surface area contributed by atoms with Crippen molar-refractivity contribution < 1.29 is 14.4 Å². The van der Waals surface area contributed by atoms with Gasteiger partial charge in [-0.1, -0.05) is 13.8 Å². The molecule has 2 fully saturated rings. The molecule has 0 radical (unpaired) electrons. The van der Waals surface area contributed by atoms with E-state index in [-0.39, 0.29) is 23.8 Å². The van der Waals surface area contributed by atoms with E-state index < -0.39 is 18.0 Å². The molecule has 4 N–H and O–H groups in total. The average Bonchev–Trinajstić information content (AvgIpc) is 3.16. The van der Waals surface area contributed by atoms with Crippen LogP contribution in [0.25, 0.3) is 0 Å². The third kappa shape index (κ3) is 4.60. The smallest absolute Gasteiger partial charge is 0.245 e. The Bertz CT molecular complexity index is 466. The molecule has 3 atom stereocenters. The minimum absolute atomic E-state index is 0.149. The second kappa shape index (κ2) is 8.01. The van der Waals surface area contributed by atoms with E-state index in [0.717, 1.165) is 12.3 Å². The second-order valence-corrected chi connectivity index (χ2v) is 7.58. The maximum absolute atomic E-state index is 12.8. The van der Waals surface area contributed by atoms with E-state index in [2.05, 4.69) is 10.6 Å². The van der Waals surface area contributed by atoms with Gasteiger partial charge in [0.25, 0.3) is 0 Å². The summed E-state index contributed by atoms with van der Waals surface area (Å²) in [6, 6.07) is -1.41. The maximum Gasteiger partial charge on any atom is 0.245 e. The van der Waals surface area contributed by atoms with Gasteiger partial charge in [0.1, 0.15) is 12.1 Å². The van der Waals surface area contributed by atoms with Crippen LogP contribution in [0.4, 0.5) is 0 Å². The van der Waals surface area contributed by atoms with Crippen molar-refractivity contribution in [1.82, 2.24) is 15.5 Å². The number of thioether (sulfide) groups is 1. The van der Waals surface area contributed by atoms with Crippen molar-refractivity contribution in [3.63, 3.8) is 0 Å². The van der Waals surface area contributed by atoms with Gasteiger partial charge in [0, 0.05) is 18.2 Å². The Labute approximate surface area is 141 Å². The number of hydrogen-bond acceptors (Lipinski definition) is 5. The van der Waals surface area contributed by atoms with Crippen molar-refractivity contribution in [3.05, 3.63) is 0 Å². The molecular weight excluding hydrogens is 316 g/mol. The molecule has 0 spiro atoms. The van der Waals surface area contributed by atoms with Gasteiger partial charge >= 0.3 is 0 Å². The molecule has 0 aliphatic carbocycles. The number of nitrogens with zero attached hydrogens (tertiary/aromatic N) is 1. The maximum atomic E-state index is 12.8. The number of hydrogen-bond donors (Lipinski definition) is 3. The number of nitrogens with two attached hydrogens (primary N) is 1. The Kier molecular flexibility index (Phi) is 6.29. The molecule has 2 saturated heterocycles. The SMILES string of the molecule is CC(C)C[C@H](NC(=O)C1CSCN1)C(=O)N1CCC[C@H]1C(N)=O. The summed E-state index contributed by atoms with van der Waals surface area (Å²) in [4.78, 5) is 38.2. The Morgan fingerprint density at radius 1 is 1.39 bits per heavy atom. The van der Waals surface area contributed by atoms with Gasteiger partial charge in [-0.25, -0.2) is 0 Å². The lowest BCUT2D eigenvalue weighted by Crippen LogP contribution is -2.55. The zero-order valence-electron chi connectivity index (χ0n) is 13.7. The lowest BCUT2D eigenvalue weighted by atomic mass is 10.0. The number of rotatable bonds is 6. The van der Waals surface area contributed by atoms with Gasteiger partial charge in [-0.2, -0.15) is 0 Å². The molecule has 2 heterocycles. The lowest BCUT2D eigenvalue weighted by molar-refractivity contribution is -0.141. The summed E-state index contributed by atoms with van der Waals surface area (Å²) in [5, 5.41) is 5.97. The highest BCUT2D eigenvalue weighted by atomic mass is 32.2. The molecule has 0 aromatic rings. The van der Waals surface area contributed by atoms with Crippen LogP contribution in [0.15, 0.2) is 0 Å². The van der Waals surface area contributed by atoms with Crippen molar-refractivity contribution in [2.45, 2.75) is 51.2 Å². The fourth-order valence-electron chi connectivity index (χ4n) is 3.06. The minimum atomic E-state index is -0.602. The van der Waals surface area contributed by atoms with Crippen LogP contribution in [0.5, 0.6) is 0 Å². The zero-order chi connectivity index (χ0) is 17.0. The fraction of sp³-hybridized carbons (Fsp3) is 0.800. The molecule has 2 rings (SSSR count). The molecule has 3 amide bonds. The topological polar surface area (TPSA) is 105 Å². The molecule has 8 heteroatoms. The van der Waals surface area contributed by atoms with Gasteiger partial charge in [0.05, 0.1) is 6.04 Å². The van der Waals surface area contributed by atoms with E-state index in [0.29, 0.717) is 25.1 Å². The summed E-state index contributed by atoms with van der Waals surface area (Å²) >= 11 is 1.66. The Balaban J connectivity index is 2.05. The number of likely N-dealkylation sites (tertiary alicyclic amines) is 1. The average molecular weight is 342 g/mol. The van der Waals surface area contributed by atoms with Crippen molar-refractivity contribution in [3.8, 4) is 0 Å². The van der Waals surface area contributed by atoms with Gasteiger partial charge in [-0.15, -0.1) is 11.8 Å². The summed E-state index contributed by atoms with van der Waals surface area (Å²) < 4.78 is 0. The number of primary amides is 1. The number of carbonyl (C=O) groups is 3. The first-order chi connectivity index (χ1) is 10.9. The van der Waals surface area contributed by atoms with Crippen LogP contribution in [-0.2, 0) is 14.4 Å². The lowest BCUT2D eigenvalue weighted by Gasteiger charge is -2.29. The van der Waals surface area contributed by atoms with Gasteiger partial charge in [0.2, 0.25) is 17.7 Å². The number of carbonyl (C=O) groups excluding carboxylic acids is 3. The standard InChI is InChI=1S/C15H26N4O3S/c1-9(2)6-10(18-14(21)11-7-23-8-17-11)15(22)19-5-3-4-12(19)13(16)20/h9-12,17H,3-8H2,1-2H3,(H2,16,20)(H,18,21)/t10-,11?,12-/m0/s1. The van der Waals surface area contributed by atoms with Crippen LogP contribution in [0, 0.1) is 5.92 Å². The summed E-state index contributed by atoms with van der Waals surface area (Å²) in [5.74, 6) is 0.894. The van der Waals surface area contributed by atoms with E-state index in [1.54, 1.807) is 11.8 Å². The molecule has 0 bridgehead atoms. The van der Waals surface area contributed by atoms with E-state index in [4.69, 9.17) is 5.73 Å². The normalized spacial score (nSPS) is 25.6. The zero-order valence-corrected chi connectivity index (χ0v) is 14.5. The van der Waals surface area contributed by atoms with Crippen molar-refractivity contribution in [1.29, 1.82) is 0 Å². The molecule has 130 valence electrons. The van der Waals surface area contributed by atoms with Crippen LogP contribution >= 0.6 is 11.8 Å². The highest BCUT2D eigenvalue weighted by Crippen LogP contribution is 2.20. The Hall–Kier alpha value is -1.28. The van der Waals surface area contributed by atoms with E-state index >= 15 is 0 Å². The van der Waals surface area contributed by atoms with Crippen LogP contribution in [0.2, 0.25) is 0 Å². The third-order valence-corrected chi connectivity index (χ3v) is 5.16. The number of nitrogens with one attached hydrogen (secondary N) is 2. The van der Waals surface area contributed by atoms with Gasteiger partial charge in [0.15, 0.2) is 0 Å². The molecular formula is C15H26N4O3S. The van der Waals surface area contributed by atoms with Crippen LogP contribution in [0.3, 0.4) is 0 Å². The van der Waals surface area contributed by atoms with Crippen LogP contribution < -0.4 is 16.4 Å². The largest absolute Gasteiger partial charge is 0.368 e. The fourth-order valence-corrected chi connectivity index (χ4v) is 4.00. The quantitative estimate of drug-likeness (QED) is 0.612. The van der Waals surface area contributed by atoms with E-state index in [9.17, 15) is 14.4 Å². The summed E-state index contributed by atoms with van der Waals surface area (Å²) in [6.45, 7) is 4.53. The van der Waals surface area contributed by atoms with E-state index in [1.807, 2.05) is 13.8 Å². The first-order valence-corrected chi connectivity index (χ1v) is 9.27. The minimum Gasteiger partial charge on any atom is -0.368 e. The monoisotopic (exact) mass is 342 g/mol. The second-order valence-electron chi connectivity index (χ2n) is 6.55. The van der Waals surface area contributed by atoms with Crippen molar-refractivity contribution in [2.24, 2.45) is 11.7 Å². The molecule has 2 aliphatic heterocycles. The third-order valence-electron chi connectivity index (χ3n) is 4.22. The Morgan fingerprint density at radius 3 is 2.70 bits per heavy atom. The number of amides is 3. The molecule has 7 nitrogen and oxygen atoms in total.